The first-order valence-electron chi connectivity index (χ1n) is 3.23. The summed E-state index contributed by atoms with van der Waals surface area (Å²) in [7, 11) is 1.40. The van der Waals surface area contributed by atoms with E-state index >= 15 is 0 Å². The third-order valence-corrected chi connectivity index (χ3v) is 2.55. The lowest BCUT2D eigenvalue weighted by molar-refractivity contribution is 0.0696. The predicted molar refractivity (Wildman–Crippen MR) is 51.4 cm³/mol. The highest BCUT2D eigenvalue weighted by Gasteiger charge is 2.14. The molecule has 0 radical (unpaired) electrons. The third-order valence-electron chi connectivity index (χ3n) is 1.53. The summed E-state index contributed by atoms with van der Waals surface area (Å²) in [5, 5.41) is 8.60. The Hall–Kier alpha value is -0.810. The van der Waals surface area contributed by atoms with E-state index < -0.39 is 5.97 Å². The lowest BCUT2D eigenvalue weighted by Gasteiger charge is -2.04. The van der Waals surface area contributed by atoms with Gasteiger partial charge in [-0.3, -0.25) is 4.79 Å². The number of halogens is 2. The van der Waals surface area contributed by atoms with Crippen LogP contribution in [0.1, 0.15) is 10.4 Å². The van der Waals surface area contributed by atoms with Gasteiger partial charge in [-0.15, -0.1) is 0 Å². The standard InChI is InChI=1S/C7H5BrClNO3/c1-10-5(9)3(7(12)13)2-4(8)6(10)11/h2H,1H3,(H,12,13). The molecular formula is C7H5BrClNO3. The molecule has 0 fully saturated rings. The zero-order valence-corrected chi connectivity index (χ0v) is 8.89. The molecule has 1 N–H and O–H groups in total. The first kappa shape index (κ1) is 10.3. The molecule has 70 valence electrons. The number of aromatic carboxylic acids is 1. The van der Waals surface area contributed by atoms with E-state index in [0.29, 0.717) is 0 Å². The summed E-state index contributed by atoms with van der Waals surface area (Å²) in [6.45, 7) is 0. The van der Waals surface area contributed by atoms with Gasteiger partial charge in [0, 0.05) is 7.05 Å². The maximum atomic E-state index is 11.2. The van der Waals surface area contributed by atoms with Crippen molar-refractivity contribution in [2.75, 3.05) is 0 Å². The molecule has 0 saturated carbocycles. The minimum atomic E-state index is -1.17. The molecule has 0 unspecified atom stereocenters. The Morgan fingerprint density at radius 3 is 2.69 bits per heavy atom. The SMILES string of the molecule is Cn1c(Cl)c(C(=O)O)cc(Br)c1=O. The Balaban J connectivity index is 3.60. The van der Waals surface area contributed by atoms with Crippen molar-refractivity contribution in [3.63, 3.8) is 0 Å². The second-order valence-corrected chi connectivity index (χ2v) is 3.58. The highest BCUT2D eigenvalue weighted by atomic mass is 79.9. The van der Waals surface area contributed by atoms with E-state index in [1.807, 2.05) is 0 Å². The molecule has 1 aromatic rings. The van der Waals surface area contributed by atoms with Crippen molar-refractivity contribution in [3.05, 3.63) is 31.6 Å². The summed E-state index contributed by atoms with van der Waals surface area (Å²) in [4.78, 5) is 21.8. The summed E-state index contributed by atoms with van der Waals surface area (Å²) in [5.74, 6) is -1.17. The minimum absolute atomic E-state index is 0.0827. The fraction of sp³-hybridized carbons (Fsp3) is 0.143. The first-order valence-corrected chi connectivity index (χ1v) is 4.40. The molecule has 0 bridgehead atoms. The number of rotatable bonds is 1. The normalized spacial score (nSPS) is 10.1. The van der Waals surface area contributed by atoms with E-state index in [1.54, 1.807) is 0 Å². The van der Waals surface area contributed by atoms with Gasteiger partial charge in [0.15, 0.2) is 0 Å². The van der Waals surface area contributed by atoms with Gasteiger partial charge in [-0.2, -0.15) is 0 Å². The Morgan fingerprint density at radius 2 is 2.23 bits per heavy atom. The molecule has 0 aromatic carbocycles. The molecule has 4 nitrogen and oxygen atoms in total. The monoisotopic (exact) mass is 265 g/mol. The highest BCUT2D eigenvalue weighted by molar-refractivity contribution is 9.10. The zero-order valence-electron chi connectivity index (χ0n) is 6.54. The lowest BCUT2D eigenvalue weighted by atomic mass is 10.3. The van der Waals surface area contributed by atoms with E-state index in [-0.39, 0.29) is 20.7 Å². The van der Waals surface area contributed by atoms with Crippen LogP contribution in [0.15, 0.2) is 15.3 Å². The number of pyridine rings is 1. The number of carboxylic acids is 1. The van der Waals surface area contributed by atoms with Crippen LogP contribution in [0, 0.1) is 0 Å². The van der Waals surface area contributed by atoms with Gasteiger partial charge in [0.05, 0.1) is 10.0 Å². The summed E-state index contributed by atoms with van der Waals surface area (Å²) < 4.78 is 1.24. The number of nitrogens with zero attached hydrogens (tertiary/aromatic N) is 1. The van der Waals surface area contributed by atoms with Crippen molar-refractivity contribution >= 4 is 33.5 Å². The minimum Gasteiger partial charge on any atom is -0.478 e. The maximum Gasteiger partial charge on any atom is 0.338 e. The molecular weight excluding hydrogens is 261 g/mol. The zero-order chi connectivity index (χ0) is 10.2. The Morgan fingerprint density at radius 1 is 1.69 bits per heavy atom. The van der Waals surface area contributed by atoms with Gasteiger partial charge >= 0.3 is 5.97 Å². The van der Waals surface area contributed by atoms with Crippen molar-refractivity contribution in [3.8, 4) is 0 Å². The first-order chi connectivity index (χ1) is 5.95. The Bertz CT molecular complexity index is 426. The van der Waals surface area contributed by atoms with E-state index in [2.05, 4.69) is 15.9 Å². The van der Waals surface area contributed by atoms with Gasteiger partial charge in [0.1, 0.15) is 5.15 Å². The van der Waals surface area contributed by atoms with E-state index in [9.17, 15) is 9.59 Å². The second kappa shape index (κ2) is 3.51. The van der Waals surface area contributed by atoms with E-state index in [0.717, 1.165) is 4.57 Å². The van der Waals surface area contributed by atoms with Gasteiger partial charge in [-0.05, 0) is 22.0 Å². The van der Waals surface area contributed by atoms with Crippen LogP contribution in [0.25, 0.3) is 0 Å². The van der Waals surface area contributed by atoms with Crippen LogP contribution in [-0.4, -0.2) is 15.6 Å². The number of aromatic nitrogens is 1. The number of hydrogen-bond donors (Lipinski definition) is 1. The molecule has 0 aliphatic rings. The van der Waals surface area contributed by atoms with Gasteiger partial charge in [-0.25, -0.2) is 4.79 Å². The van der Waals surface area contributed by atoms with Crippen LogP contribution < -0.4 is 5.56 Å². The summed E-state index contributed by atoms with van der Waals surface area (Å²) in [6, 6.07) is 1.19. The Labute approximate surface area is 86.9 Å². The molecule has 1 heterocycles. The van der Waals surface area contributed by atoms with Gasteiger partial charge in [0.2, 0.25) is 0 Å². The lowest BCUT2D eigenvalue weighted by Crippen LogP contribution is -2.20. The van der Waals surface area contributed by atoms with Crippen LogP contribution in [0.5, 0.6) is 0 Å². The number of carboxylic acid groups (broad SMARTS) is 1. The highest BCUT2D eigenvalue weighted by Crippen LogP contribution is 2.16. The largest absolute Gasteiger partial charge is 0.478 e. The maximum absolute atomic E-state index is 11.2. The topological polar surface area (TPSA) is 59.3 Å². The predicted octanol–water partition coefficient (Wildman–Crippen LogP) is 1.50. The second-order valence-electron chi connectivity index (χ2n) is 2.37. The fourth-order valence-corrected chi connectivity index (χ4v) is 1.54. The van der Waals surface area contributed by atoms with Gasteiger partial charge in [0.25, 0.3) is 5.56 Å². The van der Waals surface area contributed by atoms with Gasteiger partial charge < -0.3 is 9.67 Å². The molecule has 0 aliphatic heterocycles. The molecule has 6 heteroatoms. The molecule has 0 atom stereocenters. The Kier molecular flexibility index (Phi) is 2.77. The summed E-state index contributed by atoms with van der Waals surface area (Å²) >= 11 is 8.57. The van der Waals surface area contributed by atoms with Crippen molar-refractivity contribution in [1.29, 1.82) is 0 Å². The van der Waals surface area contributed by atoms with Crippen molar-refractivity contribution < 1.29 is 9.90 Å². The van der Waals surface area contributed by atoms with E-state index in [1.165, 1.54) is 13.1 Å². The van der Waals surface area contributed by atoms with Crippen molar-refractivity contribution in [2.24, 2.45) is 7.05 Å². The average Bonchev–Trinajstić information content (AvgIpc) is 2.07. The molecule has 13 heavy (non-hydrogen) atoms. The summed E-state index contributed by atoms with van der Waals surface area (Å²) in [6.07, 6.45) is 0. The average molecular weight is 266 g/mol. The fourth-order valence-electron chi connectivity index (χ4n) is 0.828. The van der Waals surface area contributed by atoms with Crippen LogP contribution in [0.2, 0.25) is 5.15 Å². The molecule has 0 spiro atoms. The summed E-state index contributed by atoms with van der Waals surface area (Å²) in [5.41, 5.74) is -0.467. The van der Waals surface area contributed by atoms with Gasteiger partial charge in [-0.1, -0.05) is 11.6 Å². The van der Waals surface area contributed by atoms with Crippen LogP contribution in [-0.2, 0) is 7.05 Å². The number of carbonyl (C=O) groups is 1. The van der Waals surface area contributed by atoms with Crippen molar-refractivity contribution in [2.45, 2.75) is 0 Å². The van der Waals surface area contributed by atoms with Crippen molar-refractivity contribution in [1.82, 2.24) is 4.57 Å². The van der Waals surface area contributed by atoms with E-state index in [4.69, 9.17) is 16.7 Å². The van der Waals surface area contributed by atoms with Crippen LogP contribution >= 0.6 is 27.5 Å². The van der Waals surface area contributed by atoms with Crippen LogP contribution in [0.4, 0.5) is 0 Å². The molecule has 0 saturated heterocycles. The third kappa shape index (κ3) is 1.76. The smallest absolute Gasteiger partial charge is 0.338 e. The number of hydrogen-bond acceptors (Lipinski definition) is 2. The van der Waals surface area contributed by atoms with Crippen LogP contribution in [0.3, 0.4) is 0 Å². The quantitative estimate of drug-likeness (QED) is 0.784. The molecule has 1 rings (SSSR count). The molecule has 0 aliphatic carbocycles. The molecule has 0 amide bonds. The molecule has 1 aromatic heterocycles.